The molecule has 2 heterocycles. The molecule has 1 N–H and O–H groups in total. The van der Waals surface area contributed by atoms with Gasteiger partial charge in [-0.3, -0.25) is 0 Å². The summed E-state index contributed by atoms with van der Waals surface area (Å²) in [5.74, 6) is 1.65. The summed E-state index contributed by atoms with van der Waals surface area (Å²) in [4.78, 5) is 11.5. The quantitative estimate of drug-likeness (QED) is 0.768. The fraction of sp³-hybridized carbons (Fsp3) is 0.200. The molecule has 24 heavy (non-hydrogen) atoms. The standard InChI is InChI=1S/C20H19N3O/c1-14-13-19(22-20(21-14)16-9-3-5-11-18(16)24)23-12-6-8-15-7-2-4-10-17(15)23/h2-5,7,9-11,13,24H,6,8,12H2,1H3. The first-order valence-corrected chi connectivity index (χ1v) is 8.22. The number of anilines is 2. The summed E-state index contributed by atoms with van der Waals surface area (Å²) >= 11 is 0. The second-order valence-electron chi connectivity index (χ2n) is 6.09. The minimum absolute atomic E-state index is 0.202. The first-order chi connectivity index (χ1) is 11.7. The van der Waals surface area contributed by atoms with Crippen LogP contribution in [0, 0.1) is 6.92 Å². The molecule has 0 radical (unpaired) electrons. The summed E-state index contributed by atoms with van der Waals surface area (Å²) in [5, 5.41) is 10.1. The number of aromatic nitrogens is 2. The fourth-order valence-corrected chi connectivity index (χ4v) is 3.24. The van der Waals surface area contributed by atoms with Gasteiger partial charge in [0.25, 0.3) is 0 Å². The zero-order valence-corrected chi connectivity index (χ0v) is 13.6. The lowest BCUT2D eigenvalue weighted by molar-refractivity contribution is 0.477. The van der Waals surface area contributed by atoms with Gasteiger partial charge in [-0.1, -0.05) is 30.3 Å². The molecule has 0 saturated carbocycles. The number of nitrogens with zero attached hydrogens (tertiary/aromatic N) is 3. The van der Waals surface area contributed by atoms with E-state index in [4.69, 9.17) is 4.98 Å². The van der Waals surface area contributed by atoms with Crippen LogP contribution >= 0.6 is 0 Å². The minimum atomic E-state index is 0.202. The Hall–Kier alpha value is -2.88. The van der Waals surface area contributed by atoms with Crippen LogP contribution in [0.4, 0.5) is 11.5 Å². The number of hydrogen-bond donors (Lipinski definition) is 1. The first-order valence-electron chi connectivity index (χ1n) is 8.22. The van der Waals surface area contributed by atoms with Crippen molar-refractivity contribution in [3.05, 3.63) is 65.9 Å². The van der Waals surface area contributed by atoms with Gasteiger partial charge in [-0.25, -0.2) is 9.97 Å². The van der Waals surface area contributed by atoms with E-state index in [1.54, 1.807) is 12.1 Å². The second-order valence-corrected chi connectivity index (χ2v) is 6.09. The molecular weight excluding hydrogens is 298 g/mol. The topological polar surface area (TPSA) is 49.2 Å². The van der Waals surface area contributed by atoms with Crippen LogP contribution < -0.4 is 4.90 Å². The lowest BCUT2D eigenvalue weighted by Gasteiger charge is -2.30. The number of phenolic OH excluding ortho intramolecular Hbond substituents is 1. The van der Waals surface area contributed by atoms with E-state index in [1.165, 1.54) is 11.3 Å². The first kappa shape index (κ1) is 14.7. The molecular formula is C20H19N3O. The van der Waals surface area contributed by atoms with Crippen LogP contribution in [0.15, 0.2) is 54.6 Å². The van der Waals surface area contributed by atoms with Crippen molar-refractivity contribution in [3.8, 4) is 17.1 Å². The van der Waals surface area contributed by atoms with Gasteiger partial charge in [0, 0.05) is 24.0 Å². The van der Waals surface area contributed by atoms with E-state index in [-0.39, 0.29) is 5.75 Å². The van der Waals surface area contributed by atoms with Crippen molar-refractivity contribution in [1.82, 2.24) is 9.97 Å². The summed E-state index contributed by atoms with van der Waals surface area (Å²) in [6.07, 6.45) is 2.20. The predicted molar refractivity (Wildman–Crippen MR) is 95.6 cm³/mol. The van der Waals surface area contributed by atoms with E-state index in [0.29, 0.717) is 11.4 Å². The Labute approximate surface area is 141 Å². The highest BCUT2D eigenvalue weighted by Crippen LogP contribution is 2.34. The number of rotatable bonds is 2. The largest absolute Gasteiger partial charge is 0.507 e. The molecule has 0 spiro atoms. The number of hydrogen-bond acceptors (Lipinski definition) is 4. The van der Waals surface area contributed by atoms with Crippen molar-refractivity contribution >= 4 is 11.5 Å². The summed E-state index contributed by atoms with van der Waals surface area (Å²) in [6.45, 7) is 2.90. The van der Waals surface area contributed by atoms with Gasteiger partial charge in [0.2, 0.25) is 0 Å². The van der Waals surface area contributed by atoms with Crippen molar-refractivity contribution in [3.63, 3.8) is 0 Å². The van der Waals surface area contributed by atoms with Gasteiger partial charge < -0.3 is 10.0 Å². The van der Waals surface area contributed by atoms with Gasteiger partial charge >= 0.3 is 0 Å². The molecule has 0 aliphatic carbocycles. The molecule has 0 saturated heterocycles. The molecule has 1 aliphatic rings. The maximum absolute atomic E-state index is 10.1. The van der Waals surface area contributed by atoms with Crippen molar-refractivity contribution in [2.24, 2.45) is 0 Å². The summed E-state index contributed by atoms with van der Waals surface area (Å²) in [5.41, 5.74) is 4.11. The van der Waals surface area contributed by atoms with E-state index in [2.05, 4.69) is 34.1 Å². The maximum Gasteiger partial charge on any atom is 0.165 e. The third-order valence-corrected chi connectivity index (χ3v) is 4.37. The molecule has 4 heteroatoms. The van der Waals surface area contributed by atoms with Gasteiger partial charge in [0.15, 0.2) is 5.82 Å². The fourth-order valence-electron chi connectivity index (χ4n) is 3.24. The summed E-state index contributed by atoms with van der Waals surface area (Å²) in [6, 6.07) is 17.7. The van der Waals surface area contributed by atoms with Crippen LogP contribution in [0.5, 0.6) is 5.75 Å². The van der Waals surface area contributed by atoms with E-state index < -0.39 is 0 Å². The second kappa shape index (κ2) is 5.96. The molecule has 0 amide bonds. The molecule has 0 bridgehead atoms. The molecule has 0 atom stereocenters. The smallest absolute Gasteiger partial charge is 0.165 e. The van der Waals surface area contributed by atoms with Crippen molar-refractivity contribution in [1.29, 1.82) is 0 Å². The monoisotopic (exact) mass is 317 g/mol. The Morgan fingerprint density at radius 3 is 2.67 bits per heavy atom. The van der Waals surface area contributed by atoms with Crippen LogP contribution in [0.25, 0.3) is 11.4 Å². The van der Waals surface area contributed by atoms with E-state index >= 15 is 0 Å². The van der Waals surface area contributed by atoms with Crippen LogP contribution in [-0.4, -0.2) is 21.6 Å². The predicted octanol–water partition coefficient (Wildman–Crippen LogP) is 4.24. The molecule has 3 aromatic rings. The lowest BCUT2D eigenvalue weighted by atomic mass is 10.0. The Morgan fingerprint density at radius 2 is 1.79 bits per heavy atom. The molecule has 2 aromatic carbocycles. The molecule has 1 aromatic heterocycles. The van der Waals surface area contributed by atoms with E-state index in [1.807, 2.05) is 25.1 Å². The SMILES string of the molecule is Cc1cc(N2CCCc3ccccc32)nc(-c2ccccc2O)n1. The summed E-state index contributed by atoms with van der Waals surface area (Å²) in [7, 11) is 0. The normalized spacial score (nSPS) is 13.6. The highest BCUT2D eigenvalue weighted by atomic mass is 16.3. The average Bonchev–Trinajstić information content (AvgIpc) is 2.61. The van der Waals surface area contributed by atoms with Crippen molar-refractivity contribution < 1.29 is 5.11 Å². The van der Waals surface area contributed by atoms with Crippen LogP contribution in [0.1, 0.15) is 17.7 Å². The van der Waals surface area contributed by atoms with E-state index in [9.17, 15) is 5.11 Å². The third kappa shape index (κ3) is 2.60. The molecule has 4 rings (SSSR count). The van der Waals surface area contributed by atoms with Crippen molar-refractivity contribution in [2.45, 2.75) is 19.8 Å². The van der Waals surface area contributed by atoms with Gasteiger partial charge in [0.1, 0.15) is 11.6 Å². The number of fused-ring (bicyclic) bond motifs is 1. The van der Waals surface area contributed by atoms with Gasteiger partial charge in [-0.05, 0) is 43.5 Å². The van der Waals surface area contributed by atoms with Crippen LogP contribution in [0.3, 0.4) is 0 Å². The average molecular weight is 317 g/mol. The minimum Gasteiger partial charge on any atom is -0.507 e. The third-order valence-electron chi connectivity index (χ3n) is 4.37. The molecule has 0 unspecified atom stereocenters. The number of phenols is 1. The molecule has 120 valence electrons. The zero-order chi connectivity index (χ0) is 16.5. The maximum atomic E-state index is 10.1. The van der Waals surface area contributed by atoms with Crippen LogP contribution in [0.2, 0.25) is 0 Å². The van der Waals surface area contributed by atoms with Gasteiger partial charge in [-0.2, -0.15) is 0 Å². The number of benzene rings is 2. The number of aryl methyl sites for hydroxylation is 2. The summed E-state index contributed by atoms with van der Waals surface area (Å²) < 4.78 is 0. The zero-order valence-electron chi connectivity index (χ0n) is 13.6. The van der Waals surface area contributed by atoms with Gasteiger partial charge in [0.05, 0.1) is 5.56 Å². The number of para-hydroxylation sites is 2. The highest BCUT2D eigenvalue weighted by molar-refractivity contribution is 5.69. The Bertz CT molecular complexity index is 892. The Morgan fingerprint density at radius 1 is 1.00 bits per heavy atom. The number of aromatic hydroxyl groups is 1. The van der Waals surface area contributed by atoms with E-state index in [0.717, 1.165) is 30.9 Å². The molecule has 4 nitrogen and oxygen atoms in total. The van der Waals surface area contributed by atoms with Crippen LogP contribution in [-0.2, 0) is 6.42 Å². The highest BCUT2D eigenvalue weighted by Gasteiger charge is 2.20. The molecule has 1 aliphatic heterocycles. The lowest BCUT2D eigenvalue weighted by Crippen LogP contribution is -2.25. The Balaban J connectivity index is 1.82. The Kier molecular flexibility index (Phi) is 3.65. The van der Waals surface area contributed by atoms with Gasteiger partial charge in [-0.15, -0.1) is 0 Å². The molecule has 0 fully saturated rings. The van der Waals surface area contributed by atoms with Crippen molar-refractivity contribution in [2.75, 3.05) is 11.4 Å².